The zero-order valence-electron chi connectivity index (χ0n) is 27.8. The highest BCUT2D eigenvalue weighted by Gasteiger charge is 2.31. The molecule has 4 rings (SSSR count). The molecule has 43 heavy (non-hydrogen) atoms. The third-order valence-corrected chi connectivity index (χ3v) is 9.11. The Hall–Kier alpha value is -3.17. The van der Waals surface area contributed by atoms with Crippen molar-refractivity contribution >= 4 is 11.8 Å². The first-order valence-corrected chi connectivity index (χ1v) is 16.2. The third-order valence-electron chi connectivity index (χ3n) is 8.02. The maximum Gasteiger partial charge on any atom is 0.129 e. The number of phenolic OH excluding ortho intramolecular Hbond substituents is 2. The summed E-state index contributed by atoms with van der Waals surface area (Å²) in [6.07, 6.45) is 2.09. The third kappa shape index (κ3) is 8.06. The van der Waals surface area contributed by atoms with Gasteiger partial charge in [0.1, 0.15) is 11.5 Å². The topological polar surface area (TPSA) is 40.5 Å². The summed E-state index contributed by atoms with van der Waals surface area (Å²) in [5.41, 5.74) is 7.38. The van der Waals surface area contributed by atoms with Gasteiger partial charge in [-0.2, -0.15) is 0 Å². The Morgan fingerprint density at radius 3 is 1.19 bits per heavy atom. The number of rotatable bonds is 8. The van der Waals surface area contributed by atoms with E-state index < -0.39 is 0 Å². The molecule has 4 aromatic rings. The normalized spacial score (nSPS) is 12.9. The zero-order valence-corrected chi connectivity index (χ0v) is 28.6. The predicted octanol–water partition coefficient (Wildman–Crippen LogP) is 12.0. The van der Waals surface area contributed by atoms with Crippen LogP contribution < -0.4 is 0 Å². The number of aromatic hydroxyl groups is 2. The largest absolute Gasteiger partial charge is 0.507 e. The highest BCUT2D eigenvalue weighted by atomic mass is 32.2. The van der Waals surface area contributed by atoms with Crippen LogP contribution in [-0.2, 0) is 10.8 Å². The lowest BCUT2D eigenvalue weighted by Crippen LogP contribution is -2.25. The van der Waals surface area contributed by atoms with Crippen LogP contribution in [0.25, 0.3) is 22.3 Å². The van der Waals surface area contributed by atoms with Crippen LogP contribution in [0.4, 0.5) is 0 Å². The van der Waals surface area contributed by atoms with Gasteiger partial charge in [0.15, 0.2) is 0 Å². The lowest BCUT2D eigenvalue weighted by molar-refractivity contribution is 0.284. The molecule has 4 aromatic carbocycles. The van der Waals surface area contributed by atoms with Crippen molar-refractivity contribution in [1.82, 2.24) is 0 Å². The van der Waals surface area contributed by atoms with Gasteiger partial charge in [-0.15, -0.1) is 0 Å². The monoisotopic (exact) mass is 594 g/mol. The van der Waals surface area contributed by atoms with Crippen LogP contribution in [-0.4, -0.2) is 10.2 Å². The second-order valence-corrected chi connectivity index (χ2v) is 16.9. The van der Waals surface area contributed by atoms with E-state index in [1.54, 1.807) is 12.1 Å². The molecule has 0 spiro atoms. The Labute approximate surface area is 264 Å². The SMILES string of the molecule is CC(C)(C)CC(C)(C)c1ccccc1-c1ccc(O)c(Sc2cc(-c3ccccc3C(C)(C)CC(C)(C)C)ccc2O)c1. The molecule has 228 valence electrons. The average molecular weight is 595 g/mol. The Morgan fingerprint density at radius 1 is 0.488 bits per heavy atom. The Morgan fingerprint density at radius 2 is 0.837 bits per heavy atom. The van der Waals surface area contributed by atoms with Crippen LogP contribution in [0, 0.1) is 10.8 Å². The summed E-state index contributed by atoms with van der Waals surface area (Å²) in [7, 11) is 0. The minimum absolute atomic E-state index is 0.0270. The summed E-state index contributed by atoms with van der Waals surface area (Å²) < 4.78 is 0. The fourth-order valence-electron chi connectivity index (χ4n) is 7.14. The Bertz CT molecular complexity index is 1460. The van der Waals surface area contributed by atoms with Crippen molar-refractivity contribution in [3.63, 3.8) is 0 Å². The first-order chi connectivity index (χ1) is 19.9. The second-order valence-electron chi connectivity index (χ2n) is 15.8. The molecule has 2 nitrogen and oxygen atoms in total. The molecule has 3 heteroatoms. The summed E-state index contributed by atoms with van der Waals surface area (Å²) in [5.74, 6) is 0.411. The summed E-state index contributed by atoms with van der Waals surface area (Å²) in [5, 5.41) is 21.9. The van der Waals surface area contributed by atoms with Gasteiger partial charge in [0.25, 0.3) is 0 Å². The minimum atomic E-state index is -0.0270. The lowest BCUT2D eigenvalue weighted by Gasteiger charge is -2.34. The Kier molecular flexibility index (Phi) is 9.20. The maximum absolute atomic E-state index is 11.0. The molecule has 2 N–H and O–H groups in total. The van der Waals surface area contributed by atoms with Crippen LogP contribution in [0.15, 0.2) is 94.7 Å². The van der Waals surface area contributed by atoms with Crippen molar-refractivity contribution < 1.29 is 10.2 Å². The molecule has 0 atom stereocenters. The molecule has 0 bridgehead atoms. The van der Waals surface area contributed by atoms with Gasteiger partial charge >= 0.3 is 0 Å². The van der Waals surface area contributed by atoms with Crippen molar-refractivity contribution in [2.24, 2.45) is 10.8 Å². The van der Waals surface area contributed by atoms with E-state index in [-0.39, 0.29) is 33.2 Å². The standard InChI is InChI=1S/C40H50O2S/c1-37(2,3)25-39(7,8)31-17-13-11-15-29(31)27-19-21-33(41)35(23-27)43-36-24-28(20-22-34(36)42)30-16-12-14-18-32(30)40(9,10)26-38(4,5)6/h11-24,41-42H,25-26H2,1-10H3. The van der Waals surface area contributed by atoms with E-state index in [0.717, 1.165) is 33.8 Å². The van der Waals surface area contributed by atoms with Gasteiger partial charge in [0, 0.05) is 0 Å². The molecule has 0 fully saturated rings. The van der Waals surface area contributed by atoms with E-state index >= 15 is 0 Å². The molecular weight excluding hydrogens is 545 g/mol. The molecule has 0 aliphatic carbocycles. The molecule has 0 saturated heterocycles. The maximum atomic E-state index is 11.0. The van der Waals surface area contributed by atoms with Gasteiger partial charge in [0.2, 0.25) is 0 Å². The first-order valence-electron chi connectivity index (χ1n) is 15.4. The van der Waals surface area contributed by atoms with Gasteiger partial charge in [-0.05, 0) is 92.1 Å². The molecule has 0 saturated carbocycles. The van der Waals surface area contributed by atoms with Crippen LogP contribution >= 0.6 is 11.8 Å². The zero-order chi connectivity index (χ0) is 31.8. The summed E-state index contributed by atoms with van der Waals surface area (Å²) in [6.45, 7) is 23.0. The molecule has 0 unspecified atom stereocenters. The van der Waals surface area contributed by atoms with Crippen molar-refractivity contribution in [1.29, 1.82) is 0 Å². The molecular formula is C40H50O2S. The fourth-order valence-corrected chi connectivity index (χ4v) is 8.09. The summed E-state index contributed by atoms with van der Waals surface area (Å²) in [4.78, 5) is 1.43. The van der Waals surface area contributed by atoms with Crippen molar-refractivity contribution in [3.05, 3.63) is 96.1 Å². The number of hydrogen-bond donors (Lipinski definition) is 2. The van der Waals surface area contributed by atoms with Gasteiger partial charge in [-0.3, -0.25) is 0 Å². The van der Waals surface area contributed by atoms with Gasteiger partial charge in [0.05, 0.1) is 9.79 Å². The quantitative estimate of drug-likeness (QED) is 0.213. The van der Waals surface area contributed by atoms with Crippen LogP contribution in [0.3, 0.4) is 0 Å². The second kappa shape index (κ2) is 12.1. The van der Waals surface area contributed by atoms with E-state index in [1.165, 1.54) is 34.0 Å². The summed E-state index contributed by atoms with van der Waals surface area (Å²) in [6, 6.07) is 28.9. The van der Waals surface area contributed by atoms with E-state index in [9.17, 15) is 10.2 Å². The van der Waals surface area contributed by atoms with Gasteiger partial charge in [-0.1, -0.05) is 142 Å². The molecule has 0 radical (unpaired) electrons. The van der Waals surface area contributed by atoms with Crippen molar-refractivity contribution in [2.45, 2.75) is 103 Å². The smallest absolute Gasteiger partial charge is 0.129 e. The molecule has 0 heterocycles. The minimum Gasteiger partial charge on any atom is -0.507 e. The first kappa shape index (κ1) is 32.7. The van der Waals surface area contributed by atoms with Crippen LogP contribution in [0.1, 0.15) is 93.2 Å². The van der Waals surface area contributed by atoms with E-state index in [1.807, 2.05) is 12.1 Å². The van der Waals surface area contributed by atoms with E-state index in [2.05, 4.69) is 130 Å². The van der Waals surface area contributed by atoms with Crippen LogP contribution in [0.5, 0.6) is 11.5 Å². The molecule has 0 aromatic heterocycles. The number of benzene rings is 4. The molecule has 0 aliphatic rings. The average Bonchev–Trinajstić information content (AvgIpc) is 2.88. The van der Waals surface area contributed by atoms with Crippen LogP contribution in [0.2, 0.25) is 0 Å². The van der Waals surface area contributed by atoms with E-state index in [0.29, 0.717) is 0 Å². The fraction of sp³-hybridized carbons (Fsp3) is 0.400. The van der Waals surface area contributed by atoms with Crippen molar-refractivity contribution in [3.8, 4) is 33.8 Å². The lowest BCUT2D eigenvalue weighted by atomic mass is 9.70. The van der Waals surface area contributed by atoms with Crippen molar-refractivity contribution in [2.75, 3.05) is 0 Å². The highest BCUT2D eigenvalue weighted by molar-refractivity contribution is 7.99. The number of phenols is 2. The van der Waals surface area contributed by atoms with Gasteiger partial charge in [-0.25, -0.2) is 0 Å². The van der Waals surface area contributed by atoms with Gasteiger partial charge < -0.3 is 10.2 Å². The number of hydrogen-bond acceptors (Lipinski definition) is 3. The molecule has 0 aliphatic heterocycles. The Balaban J connectivity index is 1.74. The summed E-state index contributed by atoms with van der Waals surface area (Å²) >= 11 is 1.41. The predicted molar refractivity (Wildman–Crippen MR) is 185 cm³/mol. The molecule has 0 amide bonds. The highest BCUT2D eigenvalue weighted by Crippen LogP contribution is 2.46. The van der Waals surface area contributed by atoms with E-state index in [4.69, 9.17) is 0 Å².